The van der Waals surface area contributed by atoms with Gasteiger partial charge in [-0.1, -0.05) is 62.4 Å². The molecule has 4 rings (SSSR count). The average Bonchev–Trinajstić information content (AvgIpc) is 3.18. The molecule has 0 saturated heterocycles. The van der Waals surface area contributed by atoms with Gasteiger partial charge >= 0.3 is 0 Å². The Kier molecular flexibility index (Phi) is 8.01. The number of unbranched alkanes of at least 4 members (excludes halogenated alkanes) is 1. The van der Waals surface area contributed by atoms with E-state index >= 15 is 0 Å². The third-order valence-corrected chi connectivity index (χ3v) is 6.84. The lowest BCUT2D eigenvalue weighted by Crippen LogP contribution is -2.25. The van der Waals surface area contributed by atoms with Gasteiger partial charge in [-0.25, -0.2) is 4.98 Å². The van der Waals surface area contributed by atoms with Gasteiger partial charge in [0.15, 0.2) is 0 Å². The minimum absolute atomic E-state index is 1.00. The number of rotatable bonds is 12. The number of hydrogen-bond donors (Lipinski definition) is 0. The van der Waals surface area contributed by atoms with Gasteiger partial charge in [-0.15, -0.1) is 0 Å². The molecule has 0 amide bonds. The van der Waals surface area contributed by atoms with E-state index in [2.05, 4.69) is 102 Å². The molecule has 0 aliphatic carbocycles. The first-order chi connectivity index (χ1) is 16.2. The first-order valence-electron chi connectivity index (χ1n) is 12.6. The topological polar surface area (TPSA) is 24.3 Å². The molecule has 174 valence electrons. The van der Waals surface area contributed by atoms with Crippen molar-refractivity contribution in [2.75, 3.05) is 38.1 Å². The van der Waals surface area contributed by atoms with E-state index in [1.165, 1.54) is 46.8 Å². The van der Waals surface area contributed by atoms with E-state index in [9.17, 15) is 0 Å². The molecular weight excluding hydrogens is 404 g/mol. The van der Waals surface area contributed by atoms with E-state index in [1.54, 1.807) is 0 Å². The van der Waals surface area contributed by atoms with E-state index in [0.29, 0.717) is 0 Å². The van der Waals surface area contributed by atoms with Gasteiger partial charge in [0.1, 0.15) is 5.82 Å². The summed E-state index contributed by atoms with van der Waals surface area (Å²) in [7, 11) is 2.17. The third kappa shape index (κ3) is 5.56. The van der Waals surface area contributed by atoms with E-state index in [0.717, 1.165) is 44.8 Å². The van der Waals surface area contributed by atoms with E-state index in [4.69, 9.17) is 4.98 Å². The second-order valence-electron chi connectivity index (χ2n) is 8.97. The van der Waals surface area contributed by atoms with Crippen molar-refractivity contribution in [2.24, 2.45) is 0 Å². The van der Waals surface area contributed by atoms with Crippen molar-refractivity contribution in [2.45, 2.75) is 46.1 Å². The molecule has 0 N–H and O–H groups in total. The van der Waals surface area contributed by atoms with Gasteiger partial charge < -0.3 is 14.4 Å². The van der Waals surface area contributed by atoms with E-state index in [-0.39, 0.29) is 0 Å². The maximum Gasteiger partial charge on any atom is 0.128 e. The summed E-state index contributed by atoms with van der Waals surface area (Å²) in [6, 6.07) is 21.8. The standard InChI is InChI=1S/C29H38N4/c1-4-32(5-2)20-12-11-19-31(3)29-22-26-25-17-9-10-18-27(25)33(28(26)23-30-29)21-13-16-24-14-7-6-8-15-24/h6-10,14-15,17-18,22-23H,4-5,11-13,16,19-21H2,1-3H3. The Balaban J connectivity index is 1.48. The van der Waals surface area contributed by atoms with Crippen LogP contribution in [0.2, 0.25) is 0 Å². The summed E-state index contributed by atoms with van der Waals surface area (Å²) in [5, 5.41) is 2.64. The summed E-state index contributed by atoms with van der Waals surface area (Å²) >= 11 is 0. The van der Waals surface area contributed by atoms with Crippen molar-refractivity contribution in [3.8, 4) is 0 Å². The average molecular weight is 443 g/mol. The zero-order valence-corrected chi connectivity index (χ0v) is 20.5. The number of aryl methyl sites for hydroxylation is 2. The maximum atomic E-state index is 4.87. The smallest absolute Gasteiger partial charge is 0.128 e. The Morgan fingerprint density at radius 2 is 1.52 bits per heavy atom. The van der Waals surface area contributed by atoms with Crippen LogP contribution in [0.3, 0.4) is 0 Å². The SMILES string of the molecule is CCN(CC)CCCCN(C)c1cc2c3ccccc3n(CCCc3ccccc3)c2cn1. The number of benzene rings is 2. The molecular formula is C29H38N4. The Bertz CT molecular complexity index is 1140. The first-order valence-corrected chi connectivity index (χ1v) is 12.6. The summed E-state index contributed by atoms with van der Waals surface area (Å²) in [5.41, 5.74) is 3.95. The largest absolute Gasteiger partial charge is 0.360 e. The number of aromatic nitrogens is 2. The quantitative estimate of drug-likeness (QED) is 0.238. The normalized spacial score (nSPS) is 11.6. The van der Waals surface area contributed by atoms with Gasteiger partial charge in [0, 0.05) is 36.4 Å². The van der Waals surface area contributed by atoms with Gasteiger partial charge in [-0.2, -0.15) is 0 Å². The molecule has 2 aromatic carbocycles. The van der Waals surface area contributed by atoms with Crippen molar-refractivity contribution in [1.82, 2.24) is 14.5 Å². The fourth-order valence-corrected chi connectivity index (χ4v) is 4.81. The van der Waals surface area contributed by atoms with Crippen LogP contribution in [0.4, 0.5) is 5.82 Å². The van der Waals surface area contributed by atoms with Crippen LogP contribution >= 0.6 is 0 Å². The second kappa shape index (κ2) is 11.3. The minimum atomic E-state index is 1.00. The Labute approximate surface area is 198 Å². The summed E-state index contributed by atoms with van der Waals surface area (Å²) in [6.07, 6.45) is 6.71. The van der Waals surface area contributed by atoms with E-state index in [1.807, 2.05) is 0 Å². The van der Waals surface area contributed by atoms with Crippen molar-refractivity contribution in [1.29, 1.82) is 0 Å². The van der Waals surface area contributed by atoms with Gasteiger partial charge in [0.25, 0.3) is 0 Å². The van der Waals surface area contributed by atoms with Gasteiger partial charge in [0.2, 0.25) is 0 Å². The summed E-state index contributed by atoms with van der Waals surface area (Å²) in [5.74, 6) is 1.07. The molecule has 0 aliphatic heterocycles. The number of pyridine rings is 1. The van der Waals surface area contributed by atoms with Crippen molar-refractivity contribution < 1.29 is 0 Å². The molecule has 2 aromatic heterocycles. The molecule has 0 aliphatic rings. The van der Waals surface area contributed by atoms with Crippen LogP contribution in [0.25, 0.3) is 21.8 Å². The molecule has 2 heterocycles. The Morgan fingerprint density at radius 1 is 0.788 bits per heavy atom. The number of anilines is 1. The van der Waals surface area contributed by atoms with E-state index < -0.39 is 0 Å². The maximum absolute atomic E-state index is 4.87. The van der Waals surface area contributed by atoms with Gasteiger partial charge in [-0.05, 0) is 63.0 Å². The predicted octanol–water partition coefficient (Wildman–Crippen LogP) is 6.38. The van der Waals surface area contributed by atoms with Gasteiger partial charge in [-0.3, -0.25) is 0 Å². The molecule has 0 atom stereocenters. The number of para-hydroxylation sites is 1. The van der Waals surface area contributed by atoms with Crippen LogP contribution in [0.15, 0.2) is 66.9 Å². The molecule has 33 heavy (non-hydrogen) atoms. The zero-order valence-electron chi connectivity index (χ0n) is 20.5. The van der Waals surface area contributed by atoms with Crippen molar-refractivity contribution in [3.63, 3.8) is 0 Å². The fourth-order valence-electron chi connectivity index (χ4n) is 4.81. The lowest BCUT2D eigenvalue weighted by atomic mass is 10.1. The number of fused-ring (bicyclic) bond motifs is 3. The highest BCUT2D eigenvalue weighted by Gasteiger charge is 2.13. The van der Waals surface area contributed by atoms with Crippen LogP contribution in [-0.4, -0.2) is 47.7 Å². The van der Waals surface area contributed by atoms with Gasteiger partial charge in [0.05, 0.1) is 11.7 Å². The Morgan fingerprint density at radius 3 is 2.30 bits per heavy atom. The van der Waals surface area contributed by atoms with Crippen LogP contribution in [0, 0.1) is 0 Å². The molecule has 0 unspecified atom stereocenters. The molecule has 4 nitrogen and oxygen atoms in total. The van der Waals surface area contributed by atoms with Crippen LogP contribution in [0.5, 0.6) is 0 Å². The summed E-state index contributed by atoms with van der Waals surface area (Å²) in [6.45, 7) is 9.99. The second-order valence-corrected chi connectivity index (χ2v) is 8.97. The predicted molar refractivity (Wildman–Crippen MR) is 142 cm³/mol. The third-order valence-electron chi connectivity index (χ3n) is 6.84. The first kappa shape index (κ1) is 23.3. The highest BCUT2D eigenvalue weighted by atomic mass is 15.2. The number of hydrogen-bond acceptors (Lipinski definition) is 3. The molecule has 0 bridgehead atoms. The summed E-state index contributed by atoms with van der Waals surface area (Å²) in [4.78, 5) is 9.68. The summed E-state index contributed by atoms with van der Waals surface area (Å²) < 4.78 is 2.45. The Hall–Kier alpha value is -2.85. The van der Waals surface area contributed by atoms with Crippen LogP contribution < -0.4 is 4.90 Å². The number of nitrogens with zero attached hydrogens (tertiary/aromatic N) is 4. The molecule has 4 heteroatoms. The van der Waals surface area contributed by atoms with Crippen molar-refractivity contribution in [3.05, 3.63) is 72.4 Å². The minimum Gasteiger partial charge on any atom is -0.360 e. The van der Waals surface area contributed by atoms with Crippen LogP contribution in [0.1, 0.15) is 38.7 Å². The highest BCUT2D eigenvalue weighted by Crippen LogP contribution is 2.31. The van der Waals surface area contributed by atoms with Crippen LogP contribution in [-0.2, 0) is 13.0 Å². The lowest BCUT2D eigenvalue weighted by Gasteiger charge is -2.21. The molecule has 4 aromatic rings. The molecule has 0 radical (unpaired) electrons. The molecule has 0 saturated carbocycles. The molecule has 0 spiro atoms. The molecule has 0 fully saturated rings. The fraction of sp³-hybridized carbons (Fsp3) is 0.414. The zero-order chi connectivity index (χ0) is 23.0. The monoisotopic (exact) mass is 442 g/mol. The highest BCUT2D eigenvalue weighted by molar-refractivity contribution is 6.08. The van der Waals surface area contributed by atoms with Crippen molar-refractivity contribution >= 4 is 27.6 Å². The lowest BCUT2D eigenvalue weighted by molar-refractivity contribution is 0.297.